The van der Waals surface area contributed by atoms with Crippen molar-refractivity contribution in [1.82, 2.24) is 15.4 Å². The van der Waals surface area contributed by atoms with Crippen molar-refractivity contribution in [2.24, 2.45) is 0 Å². The minimum atomic E-state index is -0.878. The van der Waals surface area contributed by atoms with E-state index in [1.54, 1.807) is 0 Å². The monoisotopic (exact) mass is 396 g/mol. The number of nitrogens with zero attached hydrogens (tertiary/aromatic N) is 2. The highest BCUT2D eigenvalue weighted by Gasteiger charge is 2.32. The van der Waals surface area contributed by atoms with Gasteiger partial charge in [-0.25, -0.2) is 9.59 Å². The summed E-state index contributed by atoms with van der Waals surface area (Å²) in [5, 5.41) is 10.8. The first-order valence-electron chi connectivity index (χ1n) is 8.72. The fourth-order valence-corrected chi connectivity index (χ4v) is 2.44. The zero-order valence-electron chi connectivity index (χ0n) is 15.0. The van der Waals surface area contributed by atoms with E-state index < -0.39 is 42.1 Å². The fourth-order valence-electron chi connectivity index (χ4n) is 2.44. The van der Waals surface area contributed by atoms with E-state index in [-0.39, 0.29) is 50.8 Å². The topological polar surface area (TPSA) is 163 Å². The number of amides is 4. The summed E-state index contributed by atoms with van der Waals surface area (Å²) in [7, 11) is 0. The molecule has 12 heteroatoms. The van der Waals surface area contributed by atoms with Gasteiger partial charge in [0.1, 0.15) is 12.4 Å². The van der Waals surface area contributed by atoms with Gasteiger partial charge in [-0.3, -0.25) is 24.6 Å². The van der Waals surface area contributed by atoms with Crippen molar-refractivity contribution in [1.29, 1.82) is 5.41 Å². The normalized spacial score (nSPS) is 16.6. The first kappa shape index (κ1) is 21.0. The van der Waals surface area contributed by atoms with Gasteiger partial charge < -0.3 is 15.0 Å². The number of rotatable bonds is 9. The Morgan fingerprint density at radius 2 is 1.36 bits per heavy atom. The summed E-state index contributed by atoms with van der Waals surface area (Å²) in [5.41, 5.74) is 0. The molecule has 12 nitrogen and oxygen atoms in total. The molecular weight excluding hydrogens is 376 g/mol. The van der Waals surface area contributed by atoms with Gasteiger partial charge in [0.25, 0.3) is 17.7 Å². The van der Waals surface area contributed by atoms with Gasteiger partial charge in [-0.1, -0.05) is 0 Å². The quantitative estimate of drug-likeness (QED) is 0.383. The Kier molecular flexibility index (Phi) is 7.18. The molecule has 0 saturated carbocycles. The van der Waals surface area contributed by atoms with Crippen LogP contribution in [-0.4, -0.2) is 58.1 Å². The number of imide groups is 1. The van der Waals surface area contributed by atoms with Crippen LogP contribution in [0.15, 0.2) is 0 Å². The molecule has 0 aromatic carbocycles. The standard InChI is InChI=1S/C16H20N4O8/c17-10-5-6-12(22)19(10)28-16(26)9-18-11(21)3-1-2-4-15(25)27-20-13(23)7-8-14(20)24/h17H,1-9H2,(H,18,21). The minimum absolute atomic E-state index is 0.0157. The van der Waals surface area contributed by atoms with E-state index in [2.05, 4.69) is 10.2 Å². The number of nitrogens with one attached hydrogen (secondary N) is 2. The molecule has 152 valence electrons. The van der Waals surface area contributed by atoms with E-state index in [9.17, 15) is 28.8 Å². The van der Waals surface area contributed by atoms with Gasteiger partial charge in [-0.15, -0.1) is 10.1 Å². The van der Waals surface area contributed by atoms with Crippen molar-refractivity contribution in [3.63, 3.8) is 0 Å². The summed E-state index contributed by atoms with van der Waals surface area (Å²) in [6, 6.07) is 0. The lowest BCUT2D eigenvalue weighted by Crippen LogP contribution is -2.37. The van der Waals surface area contributed by atoms with Crippen LogP contribution in [0.3, 0.4) is 0 Å². The number of hydrogen-bond donors (Lipinski definition) is 2. The molecule has 2 saturated heterocycles. The molecule has 0 atom stereocenters. The van der Waals surface area contributed by atoms with Crippen molar-refractivity contribution < 1.29 is 38.4 Å². The summed E-state index contributed by atoms with van der Waals surface area (Å²) in [4.78, 5) is 78.2. The predicted octanol–water partition coefficient (Wildman–Crippen LogP) is -0.672. The lowest BCUT2D eigenvalue weighted by molar-refractivity contribution is -0.197. The first-order valence-corrected chi connectivity index (χ1v) is 8.72. The number of unbranched alkanes of at least 4 members (excludes halogenated alkanes) is 1. The molecule has 2 rings (SSSR count). The Morgan fingerprint density at radius 1 is 0.821 bits per heavy atom. The van der Waals surface area contributed by atoms with E-state index in [0.29, 0.717) is 16.5 Å². The molecule has 28 heavy (non-hydrogen) atoms. The molecule has 2 aliphatic heterocycles. The lowest BCUT2D eigenvalue weighted by atomic mass is 10.2. The molecule has 0 spiro atoms. The highest BCUT2D eigenvalue weighted by Crippen LogP contribution is 2.14. The van der Waals surface area contributed by atoms with E-state index in [4.69, 9.17) is 10.2 Å². The highest BCUT2D eigenvalue weighted by atomic mass is 16.7. The third-order valence-corrected chi connectivity index (χ3v) is 3.90. The molecule has 0 unspecified atom stereocenters. The Labute approximate surface area is 159 Å². The summed E-state index contributed by atoms with van der Waals surface area (Å²) in [6.45, 7) is -0.461. The average Bonchev–Trinajstić information content (AvgIpc) is 3.13. The van der Waals surface area contributed by atoms with Crippen LogP contribution in [0.2, 0.25) is 0 Å². The molecule has 0 aromatic heterocycles. The van der Waals surface area contributed by atoms with Gasteiger partial charge in [-0.2, -0.15) is 0 Å². The molecule has 4 amide bonds. The molecule has 0 radical (unpaired) electrons. The Hall–Kier alpha value is -3.31. The summed E-state index contributed by atoms with van der Waals surface area (Å²) >= 11 is 0. The molecule has 0 bridgehead atoms. The Balaban J connectivity index is 1.56. The van der Waals surface area contributed by atoms with E-state index in [0.717, 1.165) is 0 Å². The maximum absolute atomic E-state index is 11.7. The maximum atomic E-state index is 11.7. The third kappa shape index (κ3) is 5.86. The van der Waals surface area contributed by atoms with Crippen molar-refractivity contribution in [3.8, 4) is 0 Å². The first-order chi connectivity index (χ1) is 13.3. The van der Waals surface area contributed by atoms with Gasteiger partial charge >= 0.3 is 11.9 Å². The summed E-state index contributed by atoms with van der Waals surface area (Å²) < 4.78 is 0. The van der Waals surface area contributed by atoms with Gasteiger partial charge in [0.15, 0.2) is 0 Å². The second-order valence-electron chi connectivity index (χ2n) is 6.13. The Morgan fingerprint density at radius 3 is 1.96 bits per heavy atom. The SMILES string of the molecule is N=C1CCC(=O)N1OC(=O)CNC(=O)CCCCC(=O)ON1C(=O)CCC1=O. The van der Waals surface area contributed by atoms with Crippen molar-refractivity contribution in [2.45, 2.75) is 51.4 Å². The molecular formula is C16H20N4O8. The van der Waals surface area contributed by atoms with E-state index in [1.165, 1.54) is 0 Å². The zero-order chi connectivity index (χ0) is 20.7. The van der Waals surface area contributed by atoms with Crippen molar-refractivity contribution >= 4 is 41.4 Å². The molecule has 2 heterocycles. The van der Waals surface area contributed by atoms with Crippen molar-refractivity contribution in [2.75, 3.05) is 6.54 Å². The fraction of sp³-hybridized carbons (Fsp3) is 0.562. The van der Waals surface area contributed by atoms with Crippen LogP contribution in [-0.2, 0) is 38.4 Å². The smallest absolute Gasteiger partial charge is 0.345 e. The number of carbonyl (C=O) groups is 6. The second-order valence-corrected chi connectivity index (χ2v) is 6.13. The summed E-state index contributed by atoms with van der Waals surface area (Å²) in [6.07, 6.45) is 0.872. The van der Waals surface area contributed by atoms with Gasteiger partial charge in [0, 0.05) is 38.5 Å². The number of hydrogen-bond acceptors (Lipinski definition) is 9. The lowest BCUT2D eigenvalue weighted by Gasteiger charge is -2.14. The maximum Gasteiger partial charge on any atom is 0.352 e. The van der Waals surface area contributed by atoms with Crippen LogP contribution in [0.5, 0.6) is 0 Å². The predicted molar refractivity (Wildman–Crippen MR) is 88.6 cm³/mol. The highest BCUT2D eigenvalue weighted by molar-refractivity contribution is 6.03. The van der Waals surface area contributed by atoms with E-state index >= 15 is 0 Å². The Bertz CT molecular complexity index is 687. The number of hydroxylamine groups is 4. The molecule has 0 aliphatic carbocycles. The summed E-state index contributed by atoms with van der Waals surface area (Å²) in [5.74, 6) is -3.81. The van der Waals surface area contributed by atoms with Gasteiger partial charge in [0.2, 0.25) is 5.91 Å². The molecule has 0 aromatic rings. The number of amidine groups is 1. The largest absolute Gasteiger partial charge is 0.352 e. The van der Waals surface area contributed by atoms with Crippen LogP contribution in [0.1, 0.15) is 51.4 Å². The molecule has 2 N–H and O–H groups in total. The van der Waals surface area contributed by atoms with Crippen LogP contribution >= 0.6 is 0 Å². The van der Waals surface area contributed by atoms with Crippen LogP contribution in [0, 0.1) is 5.41 Å². The minimum Gasteiger partial charge on any atom is -0.345 e. The zero-order valence-corrected chi connectivity index (χ0v) is 15.0. The van der Waals surface area contributed by atoms with Crippen LogP contribution in [0.4, 0.5) is 0 Å². The van der Waals surface area contributed by atoms with Gasteiger partial charge in [-0.05, 0) is 12.8 Å². The van der Waals surface area contributed by atoms with Crippen LogP contribution < -0.4 is 5.32 Å². The third-order valence-electron chi connectivity index (χ3n) is 3.90. The number of carbonyl (C=O) groups excluding carboxylic acids is 6. The second kappa shape index (κ2) is 9.58. The molecule has 2 fully saturated rings. The van der Waals surface area contributed by atoms with Gasteiger partial charge in [0.05, 0.1) is 0 Å². The van der Waals surface area contributed by atoms with Crippen LogP contribution in [0.25, 0.3) is 0 Å². The van der Waals surface area contributed by atoms with Crippen molar-refractivity contribution in [3.05, 3.63) is 0 Å². The van der Waals surface area contributed by atoms with E-state index in [1.807, 2.05) is 0 Å². The average molecular weight is 396 g/mol. The molecule has 2 aliphatic rings.